The average Bonchev–Trinajstić information content (AvgIpc) is 2.68. The molecule has 1 saturated heterocycles. The fraction of sp³-hybridized carbons (Fsp3) is 0.250. The Morgan fingerprint density at radius 3 is 2.76 bits per heavy atom. The van der Waals surface area contributed by atoms with Crippen molar-refractivity contribution in [1.82, 2.24) is 9.97 Å². The van der Waals surface area contributed by atoms with Gasteiger partial charge in [0, 0.05) is 24.0 Å². The second-order valence-electron chi connectivity index (χ2n) is 6.39. The van der Waals surface area contributed by atoms with Gasteiger partial charge in [0.25, 0.3) is 0 Å². The second-order valence-corrected chi connectivity index (χ2v) is 6.82. The summed E-state index contributed by atoms with van der Waals surface area (Å²) in [4.78, 5) is 22.5. The van der Waals surface area contributed by atoms with Crippen molar-refractivity contribution in [1.29, 1.82) is 0 Å². The summed E-state index contributed by atoms with van der Waals surface area (Å²) < 4.78 is 0. The highest BCUT2D eigenvalue weighted by Crippen LogP contribution is 2.35. The minimum absolute atomic E-state index is 0.0708. The molecule has 1 fully saturated rings. The van der Waals surface area contributed by atoms with Gasteiger partial charge >= 0.3 is 0 Å². The topological polar surface area (TPSA) is 46.1 Å². The monoisotopic (exact) mass is 351 g/mol. The van der Waals surface area contributed by atoms with Gasteiger partial charge in [-0.05, 0) is 42.2 Å². The molecule has 2 aromatic carbocycles. The Morgan fingerprint density at radius 2 is 1.96 bits per heavy atom. The van der Waals surface area contributed by atoms with Gasteiger partial charge in [-0.2, -0.15) is 0 Å². The van der Waals surface area contributed by atoms with Crippen molar-refractivity contribution in [2.75, 3.05) is 18.0 Å². The number of fused-ring (bicyclic) bond motifs is 1. The molecule has 0 amide bonds. The molecule has 1 aliphatic rings. The van der Waals surface area contributed by atoms with E-state index in [1.54, 1.807) is 6.33 Å². The van der Waals surface area contributed by atoms with Crippen molar-refractivity contribution in [2.24, 2.45) is 5.92 Å². The van der Waals surface area contributed by atoms with Crippen molar-refractivity contribution in [3.63, 3.8) is 0 Å². The van der Waals surface area contributed by atoms with Crippen LogP contribution in [0.3, 0.4) is 0 Å². The number of piperidine rings is 1. The number of hydrogen-bond donors (Lipinski definition) is 0. The Balaban J connectivity index is 1.87. The summed E-state index contributed by atoms with van der Waals surface area (Å²) in [6.45, 7) is 1.62. The first kappa shape index (κ1) is 16.0. The van der Waals surface area contributed by atoms with Crippen LogP contribution >= 0.6 is 11.6 Å². The van der Waals surface area contributed by atoms with Gasteiger partial charge in [0.15, 0.2) is 0 Å². The number of aromatic nitrogens is 2. The van der Waals surface area contributed by atoms with Crippen LogP contribution in [0.1, 0.15) is 12.8 Å². The van der Waals surface area contributed by atoms with Gasteiger partial charge in [0.2, 0.25) is 0 Å². The van der Waals surface area contributed by atoms with Crippen LogP contribution < -0.4 is 4.90 Å². The first-order valence-electron chi connectivity index (χ1n) is 8.46. The number of halogens is 1. The van der Waals surface area contributed by atoms with Crippen LogP contribution in [0.4, 0.5) is 5.82 Å². The van der Waals surface area contributed by atoms with Gasteiger partial charge < -0.3 is 9.69 Å². The number of carbonyl (C=O) groups excluding carboxylic acids is 1. The number of nitrogens with zero attached hydrogens (tertiary/aromatic N) is 3. The van der Waals surface area contributed by atoms with E-state index in [-0.39, 0.29) is 5.92 Å². The summed E-state index contributed by atoms with van der Waals surface area (Å²) in [5, 5.41) is 1.74. The van der Waals surface area contributed by atoms with Crippen molar-refractivity contribution >= 4 is 34.6 Å². The number of hydrogen-bond acceptors (Lipinski definition) is 4. The van der Waals surface area contributed by atoms with Crippen LogP contribution in [0.15, 0.2) is 48.8 Å². The van der Waals surface area contributed by atoms with E-state index in [0.717, 1.165) is 53.5 Å². The Kier molecular flexibility index (Phi) is 4.36. The van der Waals surface area contributed by atoms with Gasteiger partial charge in [0.05, 0.1) is 10.9 Å². The zero-order valence-electron chi connectivity index (χ0n) is 13.7. The van der Waals surface area contributed by atoms with Gasteiger partial charge in [-0.3, -0.25) is 0 Å². The Labute approximate surface area is 151 Å². The maximum atomic E-state index is 11.2. The van der Waals surface area contributed by atoms with E-state index in [0.29, 0.717) is 11.6 Å². The maximum Gasteiger partial charge on any atom is 0.140 e. The van der Waals surface area contributed by atoms with Crippen LogP contribution in [-0.2, 0) is 4.79 Å². The van der Waals surface area contributed by atoms with Crippen LogP contribution in [-0.4, -0.2) is 29.3 Å². The molecule has 1 aromatic heterocycles. The predicted octanol–water partition coefficient (Wildman–Crippen LogP) is 4.37. The third-order valence-electron chi connectivity index (χ3n) is 4.75. The van der Waals surface area contributed by atoms with Crippen LogP contribution in [0, 0.1) is 5.92 Å². The van der Waals surface area contributed by atoms with E-state index in [4.69, 9.17) is 11.6 Å². The number of benzene rings is 2. The van der Waals surface area contributed by atoms with E-state index < -0.39 is 0 Å². The van der Waals surface area contributed by atoms with Crippen molar-refractivity contribution in [3.05, 3.63) is 53.8 Å². The number of carbonyl (C=O) groups is 1. The molecule has 0 N–H and O–H groups in total. The third-order valence-corrected chi connectivity index (χ3v) is 5.00. The van der Waals surface area contributed by atoms with E-state index in [1.165, 1.54) is 0 Å². The van der Waals surface area contributed by atoms with Gasteiger partial charge in [-0.25, -0.2) is 9.97 Å². The van der Waals surface area contributed by atoms with Crippen LogP contribution in [0.2, 0.25) is 5.02 Å². The molecule has 0 radical (unpaired) electrons. The lowest BCUT2D eigenvalue weighted by Gasteiger charge is -2.32. The Hall–Kier alpha value is -2.46. The van der Waals surface area contributed by atoms with E-state index in [2.05, 4.69) is 20.9 Å². The van der Waals surface area contributed by atoms with Crippen molar-refractivity contribution < 1.29 is 4.79 Å². The van der Waals surface area contributed by atoms with Gasteiger partial charge in [-0.15, -0.1) is 0 Å². The van der Waals surface area contributed by atoms with Gasteiger partial charge in [0.1, 0.15) is 18.4 Å². The largest absolute Gasteiger partial charge is 0.355 e. The molecule has 25 heavy (non-hydrogen) atoms. The molecule has 4 nitrogen and oxygen atoms in total. The van der Waals surface area contributed by atoms with Crippen molar-refractivity contribution in [3.8, 4) is 11.1 Å². The molecule has 3 aromatic rings. The predicted molar refractivity (Wildman–Crippen MR) is 101 cm³/mol. The molecule has 5 heteroatoms. The Bertz CT molecular complexity index is 905. The molecule has 0 saturated carbocycles. The van der Waals surface area contributed by atoms with E-state index >= 15 is 0 Å². The SMILES string of the molecule is O=CC1CCCN(c2ncnc3cccc(-c4ccc(Cl)cc4)c23)C1. The Morgan fingerprint density at radius 1 is 1.12 bits per heavy atom. The molecule has 0 aliphatic carbocycles. The van der Waals surface area contributed by atoms with Crippen molar-refractivity contribution in [2.45, 2.75) is 12.8 Å². The summed E-state index contributed by atoms with van der Waals surface area (Å²) in [5.41, 5.74) is 3.07. The summed E-state index contributed by atoms with van der Waals surface area (Å²) in [6, 6.07) is 13.9. The first-order chi connectivity index (χ1) is 12.3. The highest BCUT2D eigenvalue weighted by atomic mass is 35.5. The first-order valence-corrected chi connectivity index (χ1v) is 8.84. The lowest BCUT2D eigenvalue weighted by atomic mass is 9.97. The summed E-state index contributed by atoms with van der Waals surface area (Å²) >= 11 is 6.04. The fourth-order valence-corrected chi connectivity index (χ4v) is 3.64. The average molecular weight is 352 g/mol. The lowest BCUT2D eigenvalue weighted by Crippen LogP contribution is -2.36. The summed E-state index contributed by atoms with van der Waals surface area (Å²) in [6.07, 6.45) is 4.62. The minimum atomic E-state index is 0.0708. The minimum Gasteiger partial charge on any atom is -0.355 e. The summed E-state index contributed by atoms with van der Waals surface area (Å²) in [7, 11) is 0. The highest BCUT2D eigenvalue weighted by Gasteiger charge is 2.23. The molecule has 1 aliphatic heterocycles. The normalized spacial score (nSPS) is 17.6. The van der Waals surface area contributed by atoms with Crippen LogP contribution in [0.5, 0.6) is 0 Å². The third kappa shape index (κ3) is 3.10. The standard InChI is InChI=1S/C20H18ClN3O/c21-16-8-6-15(7-9-16)17-4-1-5-18-19(17)20(23-13-22-18)24-10-2-3-14(11-24)12-25/h1,4-9,12-14H,2-3,10-11H2. The molecular formula is C20H18ClN3O. The van der Waals surface area contributed by atoms with Gasteiger partial charge in [-0.1, -0.05) is 35.9 Å². The molecular weight excluding hydrogens is 334 g/mol. The fourth-order valence-electron chi connectivity index (χ4n) is 3.52. The molecule has 2 heterocycles. The van der Waals surface area contributed by atoms with E-state index in [9.17, 15) is 4.79 Å². The molecule has 1 unspecified atom stereocenters. The molecule has 0 bridgehead atoms. The highest BCUT2D eigenvalue weighted by molar-refractivity contribution is 6.30. The number of aldehydes is 1. The van der Waals surface area contributed by atoms with E-state index in [1.807, 2.05) is 36.4 Å². The molecule has 4 rings (SSSR count). The molecule has 0 spiro atoms. The quantitative estimate of drug-likeness (QED) is 0.657. The molecule has 126 valence electrons. The zero-order chi connectivity index (χ0) is 17.2. The molecule has 1 atom stereocenters. The number of rotatable bonds is 3. The lowest BCUT2D eigenvalue weighted by molar-refractivity contribution is -0.111. The van der Waals surface area contributed by atoms with Crippen LogP contribution in [0.25, 0.3) is 22.0 Å². The number of anilines is 1. The zero-order valence-corrected chi connectivity index (χ0v) is 14.5. The maximum absolute atomic E-state index is 11.2. The summed E-state index contributed by atoms with van der Waals surface area (Å²) in [5.74, 6) is 0.976. The second kappa shape index (κ2) is 6.81. The smallest absolute Gasteiger partial charge is 0.140 e.